The molecule has 0 bridgehead atoms. The number of anilines is 1. The Bertz CT molecular complexity index is 490. The lowest BCUT2D eigenvalue weighted by atomic mass is 10.1. The number of nitrogens with one attached hydrogen (secondary N) is 2. The quantitative estimate of drug-likeness (QED) is 0.383. The molecular formula is C12H22N4O2S. The molecule has 1 atom stereocenters. The van der Waals surface area contributed by atoms with E-state index < -0.39 is 10.0 Å². The van der Waals surface area contributed by atoms with E-state index in [4.69, 9.17) is 5.84 Å². The number of rotatable bonds is 8. The first-order chi connectivity index (χ1) is 9.01. The van der Waals surface area contributed by atoms with E-state index in [-0.39, 0.29) is 10.9 Å². The smallest absolute Gasteiger partial charge is 0.244 e. The number of pyridine rings is 1. The highest BCUT2D eigenvalue weighted by Gasteiger charge is 2.20. The molecule has 1 aromatic rings. The molecule has 1 heterocycles. The van der Waals surface area contributed by atoms with Crippen molar-refractivity contribution in [1.82, 2.24) is 9.71 Å². The van der Waals surface area contributed by atoms with Crippen LogP contribution in [0.25, 0.3) is 0 Å². The number of nitrogen functional groups attached to an aromatic ring is 1. The zero-order valence-corrected chi connectivity index (χ0v) is 12.2. The average Bonchev–Trinajstić information content (AvgIpc) is 2.38. The second-order valence-corrected chi connectivity index (χ2v) is 6.22. The van der Waals surface area contributed by atoms with Crippen LogP contribution < -0.4 is 16.0 Å². The number of nitrogens with two attached hydrogens (primary N) is 1. The predicted molar refractivity (Wildman–Crippen MR) is 76.0 cm³/mol. The molecule has 4 N–H and O–H groups in total. The van der Waals surface area contributed by atoms with Gasteiger partial charge in [-0.15, -0.1) is 0 Å². The number of hydrogen-bond donors (Lipinski definition) is 3. The summed E-state index contributed by atoms with van der Waals surface area (Å²) in [5.41, 5.74) is 2.70. The Morgan fingerprint density at radius 1 is 1.42 bits per heavy atom. The lowest BCUT2D eigenvalue weighted by Crippen LogP contribution is -2.33. The van der Waals surface area contributed by atoms with Gasteiger partial charge in [0, 0.05) is 18.4 Å². The third-order valence-corrected chi connectivity index (χ3v) is 4.44. The van der Waals surface area contributed by atoms with Crippen LogP contribution >= 0.6 is 0 Å². The van der Waals surface area contributed by atoms with E-state index in [1.165, 1.54) is 18.5 Å². The van der Waals surface area contributed by atoms with Gasteiger partial charge in [-0.2, -0.15) is 0 Å². The van der Waals surface area contributed by atoms with Crippen LogP contribution in [0.2, 0.25) is 0 Å². The molecule has 0 aliphatic rings. The molecule has 1 aromatic heterocycles. The molecule has 0 radical (unpaired) electrons. The molecule has 0 aliphatic heterocycles. The molecule has 0 saturated carbocycles. The molecule has 19 heavy (non-hydrogen) atoms. The van der Waals surface area contributed by atoms with Crippen molar-refractivity contribution in [2.24, 2.45) is 5.84 Å². The summed E-state index contributed by atoms with van der Waals surface area (Å²) >= 11 is 0. The van der Waals surface area contributed by atoms with E-state index in [1.807, 2.05) is 6.92 Å². The minimum atomic E-state index is -3.59. The van der Waals surface area contributed by atoms with Crippen molar-refractivity contribution in [3.05, 3.63) is 18.5 Å². The highest BCUT2D eigenvalue weighted by molar-refractivity contribution is 7.89. The topological polar surface area (TPSA) is 97.1 Å². The molecule has 1 unspecified atom stereocenters. The van der Waals surface area contributed by atoms with Crippen LogP contribution in [0.4, 0.5) is 5.69 Å². The van der Waals surface area contributed by atoms with Gasteiger partial charge in [0.05, 0.1) is 5.69 Å². The van der Waals surface area contributed by atoms with Crippen molar-refractivity contribution in [1.29, 1.82) is 0 Å². The van der Waals surface area contributed by atoms with Gasteiger partial charge in [0.1, 0.15) is 4.90 Å². The van der Waals surface area contributed by atoms with Gasteiger partial charge < -0.3 is 5.43 Å². The zero-order valence-electron chi connectivity index (χ0n) is 11.4. The normalized spacial score (nSPS) is 13.2. The summed E-state index contributed by atoms with van der Waals surface area (Å²) in [6, 6.07) is 1.42. The predicted octanol–water partition coefficient (Wildman–Crippen LogP) is 1.61. The SMILES string of the molecule is CCCCCC(C)NS(=O)(=O)c1cnccc1NN. The van der Waals surface area contributed by atoms with Gasteiger partial charge in [0.2, 0.25) is 10.0 Å². The second-order valence-electron chi connectivity index (χ2n) is 4.53. The third-order valence-electron chi connectivity index (χ3n) is 2.83. The molecule has 1 rings (SSSR count). The van der Waals surface area contributed by atoms with E-state index in [1.54, 1.807) is 0 Å². The van der Waals surface area contributed by atoms with Gasteiger partial charge in [-0.05, 0) is 19.4 Å². The van der Waals surface area contributed by atoms with Crippen LogP contribution in [0.15, 0.2) is 23.4 Å². The maximum Gasteiger partial charge on any atom is 0.244 e. The second kappa shape index (κ2) is 7.42. The molecule has 0 amide bonds. The Morgan fingerprint density at radius 2 is 2.16 bits per heavy atom. The fourth-order valence-corrected chi connectivity index (χ4v) is 3.19. The Kier molecular flexibility index (Phi) is 6.20. The Balaban J connectivity index is 2.75. The summed E-state index contributed by atoms with van der Waals surface area (Å²) in [6.07, 6.45) is 6.82. The highest BCUT2D eigenvalue weighted by atomic mass is 32.2. The molecule has 7 heteroatoms. The largest absolute Gasteiger partial charge is 0.323 e. The first-order valence-electron chi connectivity index (χ1n) is 6.44. The molecule has 0 fully saturated rings. The molecule has 6 nitrogen and oxygen atoms in total. The van der Waals surface area contributed by atoms with Crippen molar-refractivity contribution in [2.75, 3.05) is 5.43 Å². The van der Waals surface area contributed by atoms with Crippen molar-refractivity contribution in [2.45, 2.75) is 50.5 Å². The standard InChI is InChI=1S/C12H22N4O2S/c1-3-4-5-6-10(2)16-19(17,18)12-9-14-8-7-11(12)15-13/h7-10,16H,3-6,13H2,1-2H3,(H,14,15). The summed E-state index contributed by atoms with van der Waals surface area (Å²) < 4.78 is 27.1. The molecule has 108 valence electrons. The fraction of sp³-hybridized carbons (Fsp3) is 0.583. The van der Waals surface area contributed by atoms with E-state index in [0.29, 0.717) is 5.69 Å². The monoisotopic (exact) mass is 286 g/mol. The molecule has 0 saturated heterocycles. The van der Waals surface area contributed by atoms with E-state index in [9.17, 15) is 8.42 Å². The van der Waals surface area contributed by atoms with Crippen molar-refractivity contribution in [3.63, 3.8) is 0 Å². The average molecular weight is 286 g/mol. The minimum Gasteiger partial charge on any atom is -0.323 e. The fourth-order valence-electron chi connectivity index (χ4n) is 1.80. The van der Waals surface area contributed by atoms with Gasteiger partial charge in [0.15, 0.2) is 0 Å². The highest BCUT2D eigenvalue weighted by Crippen LogP contribution is 2.19. The number of nitrogens with zero attached hydrogens (tertiary/aromatic N) is 1. The number of sulfonamides is 1. The van der Waals surface area contributed by atoms with Gasteiger partial charge in [0.25, 0.3) is 0 Å². The first kappa shape index (κ1) is 15.9. The Hall–Kier alpha value is -1.18. The number of hydrazine groups is 1. The summed E-state index contributed by atoms with van der Waals surface area (Å²) in [4.78, 5) is 3.90. The number of unbranched alkanes of at least 4 members (excludes halogenated alkanes) is 2. The molecule has 0 aromatic carbocycles. The zero-order chi connectivity index (χ0) is 14.3. The first-order valence-corrected chi connectivity index (χ1v) is 7.92. The summed E-state index contributed by atoms with van der Waals surface area (Å²) in [6.45, 7) is 3.97. The lowest BCUT2D eigenvalue weighted by molar-refractivity contribution is 0.527. The number of aromatic nitrogens is 1. The van der Waals surface area contributed by atoms with Crippen LogP contribution in [0.5, 0.6) is 0 Å². The lowest BCUT2D eigenvalue weighted by Gasteiger charge is -2.15. The maximum atomic E-state index is 12.2. The van der Waals surface area contributed by atoms with Crippen LogP contribution in [-0.2, 0) is 10.0 Å². The summed E-state index contributed by atoms with van der Waals surface area (Å²) in [5, 5.41) is 0. The number of hydrogen-bond acceptors (Lipinski definition) is 5. The Labute approximate surface area is 114 Å². The van der Waals surface area contributed by atoms with Crippen molar-refractivity contribution >= 4 is 15.7 Å². The van der Waals surface area contributed by atoms with Crippen molar-refractivity contribution in [3.8, 4) is 0 Å². The Morgan fingerprint density at radius 3 is 2.79 bits per heavy atom. The third kappa shape index (κ3) is 4.77. The van der Waals surface area contributed by atoms with Crippen LogP contribution in [0, 0.1) is 0 Å². The molecule has 0 aliphatic carbocycles. The van der Waals surface area contributed by atoms with Gasteiger partial charge in [-0.3, -0.25) is 10.8 Å². The van der Waals surface area contributed by atoms with Crippen LogP contribution in [0.1, 0.15) is 39.5 Å². The van der Waals surface area contributed by atoms with E-state index in [0.717, 1.165) is 25.7 Å². The van der Waals surface area contributed by atoms with Gasteiger partial charge in [-0.25, -0.2) is 13.1 Å². The summed E-state index contributed by atoms with van der Waals surface area (Å²) in [5.74, 6) is 5.31. The van der Waals surface area contributed by atoms with Crippen molar-refractivity contribution < 1.29 is 8.42 Å². The van der Waals surface area contributed by atoms with Gasteiger partial charge in [-0.1, -0.05) is 26.2 Å². The maximum absolute atomic E-state index is 12.2. The van der Waals surface area contributed by atoms with E-state index in [2.05, 4.69) is 22.1 Å². The van der Waals surface area contributed by atoms with Gasteiger partial charge >= 0.3 is 0 Å². The molecular weight excluding hydrogens is 264 g/mol. The van der Waals surface area contributed by atoms with E-state index >= 15 is 0 Å². The molecule has 0 spiro atoms. The summed E-state index contributed by atoms with van der Waals surface area (Å²) in [7, 11) is -3.59. The minimum absolute atomic E-state index is 0.0693. The van der Waals surface area contributed by atoms with Crippen LogP contribution in [-0.4, -0.2) is 19.4 Å². The van der Waals surface area contributed by atoms with Crippen LogP contribution in [0.3, 0.4) is 0 Å².